The van der Waals surface area contributed by atoms with Crippen molar-refractivity contribution in [3.63, 3.8) is 0 Å². The standard InChI is InChI=1S/C10H8F14O5/c11-3(12)5(25-1-27-9(21,22)7(15,16)17)29-6(4(13)14)26-2-28-10(23,24)8(18,19)20/h3-6H,1-2H2. The number of alkyl halides is 14. The lowest BCUT2D eigenvalue weighted by atomic mass is 10.6. The first-order valence-electron chi connectivity index (χ1n) is 6.44. The van der Waals surface area contributed by atoms with Crippen LogP contribution < -0.4 is 0 Å². The highest BCUT2D eigenvalue weighted by Crippen LogP contribution is 2.37. The second-order valence-corrected chi connectivity index (χ2v) is 4.43. The van der Waals surface area contributed by atoms with Crippen LogP contribution in [0, 0.1) is 0 Å². The zero-order valence-corrected chi connectivity index (χ0v) is 13.1. The van der Waals surface area contributed by atoms with Crippen LogP contribution in [-0.4, -0.2) is 63.6 Å². The average molecular weight is 474 g/mol. The summed E-state index contributed by atoms with van der Waals surface area (Å²) in [5.41, 5.74) is 0. The summed E-state index contributed by atoms with van der Waals surface area (Å²) in [6, 6.07) is 0. The van der Waals surface area contributed by atoms with E-state index in [1.165, 1.54) is 0 Å². The summed E-state index contributed by atoms with van der Waals surface area (Å²) in [5.74, 6) is 0. The van der Waals surface area contributed by atoms with Crippen LogP contribution in [0.15, 0.2) is 0 Å². The molecule has 29 heavy (non-hydrogen) atoms. The Labute approximate surface area is 150 Å². The van der Waals surface area contributed by atoms with Gasteiger partial charge in [-0.25, -0.2) is 17.6 Å². The minimum Gasteiger partial charge on any atom is -0.320 e. The van der Waals surface area contributed by atoms with E-state index in [0.29, 0.717) is 0 Å². The molecule has 0 aliphatic rings. The Morgan fingerprint density at radius 2 is 0.793 bits per heavy atom. The molecule has 0 aliphatic heterocycles. The highest BCUT2D eigenvalue weighted by molar-refractivity contribution is 4.64. The summed E-state index contributed by atoms with van der Waals surface area (Å²) < 4.78 is 187. The fourth-order valence-electron chi connectivity index (χ4n) is 0.989. The van der Waals surface area contributed by atoms with E-state index in [0.717, 1.165) is 0 Å². The van der Waals surface area contributed by atoms with Crippen molar-refractivity contribution in [3.8, 4) is 0 Å². The van der Waals surface area contributed by atoms with Gasteiger partial charge in [-0.15, -0.1) is 0 Å². The molecule has 0 aliphatic carbocycles. The highest BCUT2D eigenvalue weighted by Gasteiger charge is 2.60. The van der Waals surface area contributed by atoms with Crippen LogP contribution in [0.1, 0.15) is 0 Å². The Morgan fingerprint density at radius 1 is 0.517 bits per heavy atom. The van der Waals surface area contributed by atoms with Crippen molar-refractivity contribution in [3.05, 3.63) is 0 Å². The van der Waals surface area contributed by atoms with Gasteiger partial charge in [0.05, 0.1) is 0 Å². The van der Waals surface area contributed by atoms with Gasteiger partial charge in [0.1, 0.15) is 0 Å². The molecular formula is C10H8F14O5. The molecule has 0 fully saturated rings. The molecule has 0 spiro atoms. The number of rotatable bonds is 12. The van der Waals surface area contributed by atoms with E-state index in [-0.39, 0.29) is 0 Å². The normalized spacial score (nSPS) is 16.6. The van der Waals surface area contributed by atoms with Gasteiger partial charge in [-0.3, -0.25) is 9.47 Å². The van der Waals surface area contributed by atoms with Gasteiger partial charge in [0, 0.05) is 0 Å². The van der Waals surface area contributed by atoms with Gasteiger partial charge in [-0.05, 0) is 0 Å². The Balaban J connectivity index is 4.82. The fraction of sp³-hybridized carbons (Fsp3) is 1.00. The van der Waals surface area contributed by atoms with Crippen LogP contribution in [0.3, 0.4) is 0 Å². The summed E-state index contributed by atoms with van der Waals surface area (Å²) in [5, 5.41) is 0. The Morgan fingerprint density at radius 3 is 1.00 bits per heavy atom. The van der Waals surface area contributed by atoms with Gasteiger partial charge < -0.3 is 14.2 Å². The number of halogens is 14. The smallest absolute Gasteiger partial charge is 0.320 e. The molecule has 0 aromatic heterocycles. The van der Waals surface area contributed by atoms with Crippen LogP contribution in [0.25, 0.3) is 0 Å². The maximum absolute atomic E-state index is 12.5. The second kappa shape index (κ2) is 10.2. The van der Waals surface area contributed by atoms with E-state index in [9.17, 15) is 61.5 Å². The topological polar surface area (TPSA) is 46.2 Å². The van der Waals surface area contributed by atoms with E-state index in [1.807, 2.05) is 0 Å². The summed E-state index contributed by atoms with van der Waals surface area (Å²) in [4.78, 5) is 0. The molecular weight excluding hydrogens is 466 g/mol. The third-order valence-corrected chi connectivity index (χ3v) is 2.28. The van der Waals surface area contributed by atoms with Crippen LogP contribution in [0.5, 0.6) is 0 Å². The number of ether oxygens (including phenoxy) is 5. The zero-order chi connectivity index (χ0) is 23.3. The molecule has 0 radical (unpaired) electrons. The molecule has 0 saturated carbocycles. The first-order chi connectivity index (χ1) is 12.8. The lowest BCUT2D eigenvalue weighted by Gasteiger charge is -2.26. The monoisotopic (exact) mass is 474 g/mol. The Hall–Kier alpha value is -1.18. The van der Waals surface area contributed by atoms with E-state index in [2.05, 4.69) is 23.7 Å². The maximum atomic E-state index is 12.5. The van der Waals surface area contributed by atoms with Crippen LogP contribution >= 0.6 is 0 Å². The summed E-state index contributed by atoms with van der Waals surface area (Å²) in [6.45, 7) is -4.58. The van der Waals surface area contributed by atoms with E-state index >= 15 is 0 Å². The largest absolute Gasteiger partial charge is 0.483 e. The molecule has 0 bridgehead atoms. The van der Waals surface area contributed by atoms with Gasteiger partial charge in [0.15, 0.2) is 13.6 Å². The van der Waals surface area contributed by atoms with Crippen molar-refractivity contribution in [2.45, 2.75) is 50.0 Å². The summed E-state index contributed by atoms with van der Waals surface area (Å²) >= 11 is 0. The molecule has 0 amide bonds. The first-order valence-corrected chi connectivity index (χ1v) is 6.44. The number of hydrogen-bond acceptors (Lipinski definition) is 5. The molecule has 0 aromatic rings. The molecule has 176 valence electrons. The molecule has 0 rings (SSSR count). The minimum absolute atomic E-state index is 2.29. The second-order valence-electron chi connectivity index (χ2n) is 4.43. The lowest BCUT2D eigenvalue weighted by Crippen LogP contribution is -2.43. The average Bonchev–Trinajstić information content (AvgIpc) is 2.49. The SMILES string of the molecule is FC(F)C(OCOC(F)(F)C(F)(F)F)OC(OCOC(F)(F)C(F)(F)F)C(F)F. The quantitative estimate of drug-likeness (QED) is 0.309. The predicted octanol–water partition coefficient (Wildman–Crippen LogP) is 4.48. The van der Waals surface area contributed by atoms with Gasteiger partial charge in [-0.1, -0.05) is 0 Å². The van der Waals surface area contributed by atoms with Crippen molar-refractivity contribution in [2.75, 3.05) is 13.6 Å². The summed E-state index contributed by atoms with van der Waals surface area (Å²) in [6.07, 6.45) is -39.1. The molecule has 2 atom stereocenters. The van der Waals surface area contributed by atoms with E-state index in [4.69, 9.17) is 0 Å². The molecule has 2 unspecified atom stereocenters. The van der Waals surface area contributed by atoms with Gasteiger partial charge in [0.25, 0.3) is 12.9 Å². The van der Waals surface area contributed by atoms with Gasteiger partial charge in [-0.2, -0.15) is 43.9 Å². The molecule has 19 heteroatoms. The number of hydrogen-bond donors (Lipinski definition) is 0. The van der Waals surface area contributed by atoms with Crippen molar-refractivity contribution in [2.24, 2.45) is 0 Å². The first kappa shape index (κ1) is 27.8. The highest BCUT2D eigenvalue weighted by atomic mass is 19.4. The fourth-order valence-corrected chi connectivity index (χ4v) is 0.989. The third kappa shape index (κ3) is 9.01. The van der Waals surface area contributed by atoms with E-state index < -0.39 is 63.6 Å². The molecule has 5 nitrogen and oxygen atoms in total. The molecule has 0 N–H and O–H groups in total. The predicted molar refractivity (Wildman–Crippen MR) is 56.7 cm³/mol. The van der Waals surface area contributed by atoms with Crippen LogP contribution in [-0.2, 0) is 23.7 Å². The van der Waals surface area contributed by atoms with Gasteiger partial charge >= 0.3 is 24.6 Å². The summed E-state index contributed by atoms with van der Waals surface area (Å²) in [7, 11) is 0. The third-order valence-electron chi connectivity index (χ3n) is 2.28. The van der Waals surface area contributed by atoms with Crippen LogP contribution in [0.4, 0.5) is 61.5 Å². The molecule has 0 saturated heterocycles. The van der Waals surface area contributed by atoms with Crippen LogP contribution in [0.2, 0.25) is 0 Å². The Kier molecular flexibility index (Phi) is 9.81. The maximum Gasteiger partial charge on any atom is 0.483 e. The van der Waals surface area contributed by atoms with E-state index in [1.54, 1.807) is 0 Å². The van der Waals surface area contributed by atoms with Crippen molar-refractivity contribution < 1.29 is 85.2 Å². The molecule has 0 aromatic carbocycles. The van der Waals surface area contributed by atoms with Crippen molar-refractivity contribution >= 4 is 0 Å². The van der Waals surface area contributed by atoms with Crippen molar-refractivity contribution in [1.82, 2.24) is 0 Å². The Bertz CT molecular complexity index is 436. The zero-order valence-electron chi connectivity index (χ0n) is 13.1. The van der Waals surface area contributed by atoms with Gasteiger partial charge in [0.2, 0.25) is 12.6 Å². The minimum atomic E-state index is -6.30. The molecule has 0 heterocycles. The lowest BCUT2D eigenvalue weighted by molar-refractivity contribution is -0.428. The van der Waals surface area contributed by atoms with Crippen molar-refractivity contribution in [1.29, 1.82) is 0 Å².